The molecule has 0 saturated heterocycles. The number of esters is 1. The van der Waals surface area contributed by atoms with Crippen LogP contribution in [0.5, 0.6) is 23.0 Å². The van der Waals surface area contributed by atoms with Crippen LogP contribution < -0.4 is 24.7 Å². The molecule has 0 amide bonds. The molecule has 3 aromatic rings. The summed E-state index contributed by atoms with van der Waals surface area (Å²) in [5.74, 6) is 0.887. The zero-order valence-electron chi connectivity index (χ0n) is 19.2. The predicted octanol–water partition coefficient (Wildman–Crippen LogP) is 4.63. The summed E-state index contributed by atoms with van der Waals surface area (Å²) in [5.41, 5.74) is 8.71. The Hall–Kier alpha value is -4.70. The maximum absolute atomic E-state index is 12.4. The molecule has 0 saturated carbocycles. The van der Waals surface area contributed by atoms with Crippen molar-refractivity contribution in [3.8, 4) is 29.1 Å². The van der Waals surface area contributed by atoms with Gasteiger partial charge in [-0.2, -0.15) is 5.26 Å². The molecule has 1 aliphatic rings. The summed E-state index contributed by atoms with van der Waals surface area (Å²) in [6.45, 7) is 3.99. The van der Waals surface area contributed by atoms with Crippen molar-refractivity contribution in [2.75, 3.05) is 13.7 Å². The summed E-state index contributed by atoms with van der Waals surface area (Å²) >= 11 is 0. The number of ether oxygens (including phenoxy) is 4. The van der Waals surface area contributed by atoms with Crippen LogP contribution in [0.1, 0.15) is 22.6 Å². The molecule has 7 nitrogen and oxygen atoms in total. The largest absolute Gasteiger partial charge is 0.493 e. The molecule has 0 aliphatic carbocycles. The summed E-state index contributed by atoms with van der Waals surface area (Å²) in [4.78, 5) is 12.4. The van der Waals surface area contributed by atoms with E-state index in [2.05, 4.69) is 12.6 Å². The number of hydrogen-bond acceptors (Lipinski definition) is 7. The van der Waals surface area contributed by atoms with Crippen molar-refractivity contribution < 1.29 is 23.7 Å². The van der Waals surface area contributed by atoms with E-state index in [0.717, 1.165) is 11.1 Å². The van der Waals surface area contributed by atoms with Gasteiger partial charge in [0.1, 0.15) is 29.7 Å². The number of rotatable bonds is 8. The van der Waals surface area contributed by atoms with E-state index in [9.17, 15) is 10.1 Å². The highest BCUT2D eigenvalue weighted by Gasteiger charge is 2.31. The topological polar surface area (TPSA) is 104 Å². The lowest BCUT2D eigenvalue weighted by atomic mass is 9.83. The third kappa shape index (κ3) is 5.12. The van der Waals surface area contributed by atoms with Gasteiger partial charge in [-0.25, -0.2) is 0 Å². The molecule has 1 unspecified atom stereocenters. The van der Waals surface area contributed by atoms with E-state index in [0.29, 0.717) is 35.2 Å². The van der Waals surface area contributed by atoms with Gasteiger partial charge in [-0.1, -0.05) is 55.1 Å². The third-order valence-corrected chi connectivity index (χ3v) is 5.49. The summed E-state index contributed by atoms with van der Waals surface area (Å²) < 4.78 is 22.4. The molecule has 3 aromatic carbocycles. The Balaban J connectivity index is 1.64. The van der Waals surface area contributed by atoms with Gasteiger partial charge in [0.25, 0.3) is 0 Å². The van der Waals surface area contributed by atoms with Crippen LogP contribution in [0.15, 0.2) is 90.8 Å². The van der Waals surface area contributed by atoms with Crippen molar-refractivity contribution >= 4 is 5.97 Å². The molecular formula is C28H24N2O5. The van der Waals surface area contributed by atoms with Gasteiger partial charge in [0, 0.05) is 11.6 Å². The third-order valence-electron chi connectivity index (χ3n) is 5.49. The molecule has 0 fully saturated rings. The Morgan fingerprint density at radius 2 is 1.94 bits per heavy atom. The monoisotopic (exact) mass is 468 g/mol. The van der Waals surface area contributed by atoms with Crippen LogP contribution in [0.25, 0.3) is 0 Å². The van der Waals surface area contributed by atoms with Crippen LogP contribution in [0.2, 0.25) is 0 Å². The summed E-state index contributed by atoms with van der Waals surface area (Å²) in [5, 5.41) is 9.83. The van der Waals surface area contributed by atoms with Crippen LogP contribution in [-0.4, -0.2) is 19.7 Å². The van der Waals surface area contributed by atoms with Gasteiger partial charge >= 0.3 is 5.97 Å². The SMILES string of the molecule is C=CCOc1ccc(C2C(C#N)=C(N)Oc3cc(OC(=O)Cc4ccccc4)ccc32)cc1OC. The molecule has 1 atom stereocenters. The van der Waals surface area contributed by atoms with E-state index in [1.165, 1.54) is 0 Å². The second kappa shape index (κ2) is 10.5. The Morgan fingerprint density at radius 3 is 2.66 bits per heavy atom. The summed E-state index contributed by atoms with van der Waals surface area (Å²) in [6.07, 6.45) is 1.78. The van der Waals surface area contributed by atoms with Crippen molar-refractivity contribution in [1.29, 1.82) is 5.26 Å². The first kappa shape index (κ1) is 23.5. The van der Waals surface area contributed by atoms with Crippen LogP contribution in [0.4, 0.5) is 0 Å². The fraction of sp³-hybridized carbons (Fsp3) is 0.143. The van der Waals surface area contributed by atoms with Gasteiger partial charge in [-0.15, -0.1) is 0 Å². The second-order valence-electron chi connectivity index (χ2n) is 7.77. The van der Waals surface area contributed by atoms with Gasteiger partial charge in [-0.05, 0) is 29.3 Å². The minimum absolute atomic E-state index is 0.0105. The second-order valence-corrected chi connectivity index (χ2v) is 7.77. The fourth-order valence-electron chi connectivity index (χ4n) is 3.90. The average Bonchev–Trinajstić information content (AvgIpc) is 2.87. The van der Waals surface area contributed by atoms with Gasteiger partial charge in [0.2, 0.25) is 5.88 Å². The normalized spacial score (nSPS) is 14.2. The highest BCUT2D eigenvalue weighted by atomic mass is 16.5. The number of fused-ring (bicyclic) bond motifs is 1. The van der Waals surface area contributed by atoms with E-state index in [4.69, 9.17) is 24.7 Å². The van der Waals surface area contributed by atoms with Crippen LogP contribution in [0, 0.1) is 11.3 Å². The fourth-order valence-corrected chi connectivity index (χ4v) is 3.90. The molecule has 1 aliphatic heterocycles. The van der Waals surface area contributed by atoms with E-state index in [-0.39, 0.29) is 17.9 Å². The predicted molar refractivity (Wildman–Crippen MR) is 130 cm³/mol. The quantitative estimate of drug-likeness (QED) is 0.292. The van der Waals surface area contributed by atoms with Crippen molar-refractivity contribution in [2.24, 2.45) is 5.73 Å². The minimum atomic E-state index is -0.500. The molecule has 0 radical (unpaired) electrons. The Kier molecular flexibility index (Phi) is 7.03. The number of methoxy groups -OCH3 is 1. The minimum Gasteiger partial charge on any atom is -0.493 e. The number of carbonyl (C=O) groups excluding carboxylic acids is 1. The lowest BCUT2D eigenvalue weighted by Crippen LogP contribution is -2.21. The van der Waals surface area contributed by atoms with Crippen LogP contribution in [-0.2, 0) is 11.2 Å². The van der Waals surface area contributed by atoms with E-state index < -0.39 is 11.9 Å². The molecule has 176 valence electrons. The number of benzene rings is 3. The van der Waals surface area contributed by atoms with Crippen molar-refractivity contribution in [3.05, 3.63) is 108 Å². The standard InChI is InChI=1S/C28H24N2O5/c1-3-13-33-23-12-9-19(15-25(23)32-2)27-21-11-10-20(16-24(21)35-28(30)22(27)17-29)34-26(31)14-18-7-5-4-6-8-18/h3-12,15-16,27H,1,13-14,30H2,2H3. The maximum atomic E-state index is 12.4. The number of nitrogens with zero attached hydrogens (tertiary/aromatic N) is 1. The maximum Gasteiger partial charge on any atom is 0.315 e. The van der Waals surface area contributed by atoms with Gasteiger partial charge in [0.05, 0.1) is 19.4 Å². The molecule has 7 heteroatoms. The number of carbonyl (C=O) groups is 1. The number of nitrogens with two attached hydrogens (primary N) is 1. The lowest BCUT2D eigenvalue weighted by Gasteiger charge is -2.27. The molecule has 0 bridgehead atoms. The molecule has 0 spiro atoms. The first-order valence-electron chi connectivity index (χ1n) is 10.9. The zero-order valence-corrected chi connectivity index (χ0v) is 19.2. The van der Waals surface area contributed by atoms with Crippen molar-refractivity contribution in [3.63, 3.8) is 0 Å². The van der Waals surface area contributed by atoms with E-state index >= 15 is 0 Å². The molecule has 0 aromatic heterocycles. The molecular weight excluding hydrogens is 444 g/mol. The average molecular weight is 469 g/mol. The first-order chi connectivity index (χ1) is 17.0. The smallest absolute Gasteiger partial charge is 0.315 e. The van der Waals surface area contributed by atoms with Gasteiger partial charge in [-0.3, -0.25) is 4.79 Å². The van der Waals surface area contributed by atoms with Crippen LogP contribution >= 0.6 is 0 Å². The number of hydrogen-bond donors (Lipinski definition) is 1. The lowest BCUT2D eigenvalue weighted by molar-refractivity contribution is -0.133. The molecule has 2 N–H and O–H groups in total. The van der Waals surface area contributed by atoms with Crippen molar-refractivity contribution in [2.45, 2.75) is 12.3 Å². The number of nitriles is 1. The Bertz CT molecular complexity index is 1320. The van der Waals surface area contributed by atoms with Crippen LogP contribution in [0.3, 0.4) is 0 Å². The Morgan fingerprint density at radius 1 is 1.14 bits per heavy atom. The van der Waals surface area contributed by atoms with Gasteiger partial charge in [0.15, 0.2) is 11.5 Å². The highest BCUT2D eigenvalue weighted by Crippen LogP contribution is 2.45. The summed E-state index contributed by atoms with van der Waals surface area (Å²) in [6, 6.07) is 22.0. The van der Waals surface area contributed by atoms with Crippen molar-refractivity contribution in [1.82, 2.24) is 0 Å². The Labute approximate surface area is 203 Å². The molecule has 4 rings (SSSR count). The molecule has 1 heterocycles. The first-order valence-corrected chi connectivity index (χ1v) is 10.9. The summed E-state index contributed by atoms with van der Waals surface area (Å²) in [7, 11) is 1.54. The van der Waals surface area contributed by atoms with E-state index in [1.54, 1.807) is 43.5 Å². The van der Waals surface area contributed by atoms with E-state index in [1.807, 2.05) is 36.4 Å². The van der Waals surface area contributed by atoms with Gasteiger partial charge < -0.3 is 24.7 Å². The number of allylic oxidation sites excluding steroid dienone is 1. The zero-order chi connectivity index (χ0) is 24.8. The highest BCUT2D eigenvalue weighted by molar-refractivity contribution is 5.75. The molecule has 35 heavy (non-hydrogen) atoms.